The second-order valence-corrected chi connectivity index (χ2v) is 9.02. The maximum atomic E-state index is 13.3. The van der Waals surface area contributed by atoms with Crippen molar-refractivity contribution in [3.63, 3.8) is 0 Å². The Bertz CT molecular complexity index is 1090. The minimum absolute atomic E-state index is 0.00553. The summed E-state index contributed by atoms with van der Waals surface area (Å²) in [5.41, 5.74) is 2.03. The third kappa shape index (κ3) is 2.57. The average Bonchev–Trinajstić information content (AvgIpc) is 2.62. The summed E-state index contributed by atoms with van der Waals surface area (Å²) >= 11 is 8.11. The first-order chi connectivity index (χ1) is 13.5. The van der Waals surface area contributed by atoms with Crippen molar-refractivity contribution in [2.24, 2.45) is 17.6 Å². The first kappa shape index (κ1) is 20.2. The number of hydrogen-bond acceptors (Lipinski definition) is 7. The average molecular weight is 532 g/mol. The molecule has 3 atom stereocenters. The summed E-state index contributed by atoms with van der Waals surface area (Å²) in [6, 6.07) is 1.54. The Morgan fingerprint density at radius 2 is 1.90 bits per heavy atom. The number of carbonyl (C=O) groups excluding carboxylic acids is 3. The van der Waals surface area contributed by atoms with Gasteiger partial charge in [-0.25, -0.2) is 0 Å². The number of fused-ring (bicyclic) bond motifs is 3. The molecule has 0 saturated heterocycles. The van der Waals surface area contributed by atoms with E-state index in [2.05, 4.69) is 0 Å². The number of carbonyl (C=O) groups is 3. The number of benzene rings is 1. The minimum Gasteiger partial charge on any atom is -0.508 e. The fraction of sp³-hybridized carbons (Fsp3) is 0.316. The van der Waals surface area contributed by atoms with E-state index in [4.69, 9.17) is 17.3 Å². The van der Waals surface area contributed by atoms with E-state index in [0.29, 0.717) is 14.2 Å². The van der Waals surface area contributed by atoms with Crippen molar-refractivity contribution in [3.05, 3.63) is 42.7 Å². The molecule has 0 radical (unpaired) electrons. The summed E-state index contributed by atoms with van der Waals surface area (Å²) in [6.07, 6.45) is -0.0860. The molecule has 4 rings (SSSR count). The highest BCUT2D eigenvalue weighted by Crippen LogP contribution is 2.53. The summed E-state index contributed by atoms with van der Waals surface area (Å²) in [6.45, 7) is 0. The number of Topliss-reactive ketones (excluding diaryl/α,β-unsaturated/α-hetero) is 2. The number of aromatic hydroxyl groups is 1. The second kappa shape index (κ2) is 6.44. The van der Waals surface area contributed by atoms with Gasteiger partial charge in [-0.05, 0) is 53.0 Å². The van der Waals surface area contributed by atoms with E-state index in [1.54, 1.807) is 0 Å². The molecular weight excluding hydrogens is 517 g/mol. The lowest BCUT2D eigenvalue weighted by Gasteiger charge is -2.46. The van der Waals surface area contributed by atoms with Gasteiger partial charge in [0.15, 0.2) is 11.4 Å². The van der Waals surface area contributed by atoms with Crippen molar-refractivity contribution in [1.82, 2.24) is 0 Å². The molecule has 8 nitrogen and oxygen atoms in total. The normalized spacial score (nSPS) is 28.8. The number of aliphatic hydroxyl groups excluding tert-OH is 2. The molecule has 1 aromatic carbocycles. The Balaban J connectivity index is 1.96. The third-order valence-corrected chi connectivity index (χ3v) is 7.12. The van der Waals surface area contributed by atoms with Gasteiger partial charge in [-0.1, -0.05) is 11.6 Å². The standard InChI is InChI=1S/C19H15ClINO7/c20-8-4-9(21)14(24)12-7(8)2-5-1-6-3-10(23)13(18(22)28)17(27)19(6,29)16(26)11(5)15(12)25/h4-6,24-25,27,29H,1-3H2,(H2,22,28). The molecular formula is C19H15ClINO7. The number of phenolic OH excluding ortho intramolecular Hbond substituents is 1. The van der Waals surface area contributed by atoms with Gasteiger partial charge < -0.3 is 26.2 Å². The predicted octanol–water partition coefficient (Wildman–Crippen LogP) is 1.68. The van der Waals surface area contributed by atoms with Crippen LogP contribution in [0.5, 0.6) is 5.75 Å². The molecule has 6 N–H and O–H groups in total. The van der Waals surface area contributed by atoms with Gasteiger partial charge in [-0.15, -0.1) is 0 Å². The van der Waals surface area contributed by atoms with Gasteiger partial charge in [0.05, 0.1) is 9.13 Å². The van der Waals surface area contributed by atoms with Crippen molar-refractivity contribution in [3.8, 4) is 5.75 Å². The molecule has 0 aliphatic heterocycles. The topological polar surface area (TPSA) is 158 Å². The number of nitrogens with two attached hydrogens (primary N) is 1. The van der Waals surface area contributed by atoms with E-state index in [1.165, 1.54) is 6.07 Å². The Morgan fingerprint density at radius 3 is 2.52 bits per heavy atom. The molecule has 3 unspecified atom stereocenters. The van der Waals surface area contributed by atoms with Gasteiger partial charge in [0, 0.05) is 22.9 Å². The van der Waals surface area contributed by atoms with Crippen LogP contribution in [0.3, 0.4) is 0 Å². The number of phenols is 1. The molecule has 0 bridgehead atoms. The largest absolute Gasteiger partial charge is 0.508 e. The Morgan fingerprint density at radius 1 is 1.24 bits per heavy atom. The molecule has 0 heterocycles. The van der Waals surface area contributed by atoms with Gasteiger partial charge in [0.1, 0.15) is 22.8 Å². The van der Waals surface area contributed by atoms with Crippen LogP contribution < -0.4 is 5.73 Å². The molecule has 152 valence electrons. The maximum absolute atomic E-state index is 13.3. The number of amides is 1. The van der Waals surface area contributed by atoms with Crippen molar-refractivity contribution in [2.45, 2.75) is 24.9 Å². The summed E-state index contributed by atoms with van der Waals surface area (Å²) in [5, 5.41) is 43.1. The molecule has 0 aromatic heterocycles. The highest BCUT2D eigenvalue weighted by atomic mass is 127. The zero-order valence-electron chi connectivity index (χ0n) is 14.7. The van der Waals surface area contributed by atoms with E-state index in [-0.39, 0.29) is 36.1 Å². The van der Waals surface area contributed by atoms with Crippen molar-refractivity contribution in [1.29, 1.82) is 0 Å². The van der Waals surface area contributed by atoms with Crippen molar-refractivity contribution < 1.29 is 34.8 Å². The zero-order valence-corrected chi connectivity index (χ0v) is 17.6. The molecule has 0 spiro atoms. The zero-order chi connectivity index (χ0) is 21.4. The van der Waals surface area contributed by atoms with Gasteiger partial charge >= 0.3 is 0 Å². The number of rotatable bonds is 1. The minimum atomic E-state index is -2.56. The smallest absolute Gasteiger partial charge is 0.255 e. The van der Waals surface area contributed by atoms with Crippen LogP contribution in [0.25, 0.3) is 5.76 Å². The van der Waals surface area contributed by atoms with Crippen LogP contribution in [-0.2, 0) is 20.8 Å². The summed E-state index contributed by atoms with van der Waals surface area (Å²) in [4.78, 5) is 37.1. The van der Waals surface area contributed by atoms with E-state index >= 15 is 0 Å². The van der Waals surface area contributed by atoms with Crippen LogP contribution in [-0.4, -0.2) is 43.5 Å². The molecule has 29 heavy (non-hydrogen) atoms. The van der Waals surface area contributed by atoms with Crippen LogP contribution in [0.4, 0.5) is 0 Å². The molecule has 3 aliphatic rings. The van der Waals surface area contributed by atoms with E-state index < -0.39 is 52.0 Å². The van der Waals surface area contributed by atoms with Gasteiger partial charge in [0.2, 0.25) is 5.78 Å². The SMILES string of the molecule is NC(=O)C1=C(O)C2(O)C(=O)C3=C(O)c4c(O)c(I)cc(Cl)c4CC3CC2CC1=O. The highest BCUT2D eigenvalue weighted by molar-refractivity contribution is 14.1. The number of ketones is 2. The van der Waals surface area contributed by atoms with Crippen LogP contribution >= 0.6 is 34.2 Å². The fourth-order valence-corrected chi connectivity index (χ4v) is 5.66. The number of hydrogen-bond donors (Lipinski definition) is 5. The predicted molar refractivity (Wildman–Crippen MR) is 109 cm³/mol. The summed E-state index contributed by atoms with van der Waals surface area (Å²) in [5.74, 6) is -6.51. The maximum Gasteiger partial charge on any atom is 0.255 e. The van der Waals surface area contributed by atoms with Gasteiger partial charge in [0.25, 0.3) is 5.91 Å². The molecule has 1 saturated carbocycles. The first-order valence-corrected chi connectivity index (χ1v) is 10.1. The van der Waals surface area contributed by atoms with E-state index in [1.807, 2.05) is 22.6 Å². The van der Waals surface area contributed by atoms with Gasteiger partial charge in [-0.3, -0.25) is 14.4 Å². The monoisotopic (exact) mass is 531 g/mol. The molecule has 1 aromatic rings. The van der Waals surface area contributed by atoms with Crippen LogP contribution in [0.2, 0.25) is 5.02 Å². The fourth-order valence-electron chi connectivity index (χ4n) is 4.61. The third-order valence-electron chi connectivity index (χ3n) is 5.96. The first-order valence-electron chi connectivity index (χ1n) is 8.67. The lowest BCUT2D eigenvalue weighted by Crippen LogP contribution is -2.58. The number of halogens is 2. The van der Waals surface area contributed by atoms with E-state index in [0.717, 1.165) is 0 Å². The highest BCUT2D eigenvalue weighted by Gasteiger charge is 2.60. The Labute approximate surface area is 182 Å². The van der Waals surface area contributed by atoms with Gasteiger partial charge in [-0.2, -0.15) is 0 Å². The lowest BCUT2D eigenvalue weighted by molar-refractivity contribution is -0.147. The second-order valence-electron chi connectivity index (χ2n) is 7.45. The molecule has 1 amide bonds. The molecule has 3 aliphatic carbocycles. The van der Waals surface area contributed by atoms with E-state index in [9.17, 15) is 34.8 Å². The van der Waals surface area contributed by atoms with Crippen LogP contribution in [0.1, 0.15) is 24.0 Å². The number of aliphatic hydroxyl groups is 3. The van der Waals surface area contributed by atoms with Crippen LogP contribution in [0, 0.1) is 15.4 Å². The van der Waals surface area contributed by atoms with Crippen molar-refractivity contribution in [2.75, 3.05) is 0 Å². The van der Waals surface area contributed by atoms with Crippen molar-refractivity contribution >= 4 is 57.4 Å². The lowest BCUT2D eigenvalue weighted by atomic mass is 9.59. The molecule has 1 fully saturated rings. The van der Waals surface area contributed by atoms with Crippen LogP contribution in [0.15, 0.2) is 23.0 Å². The summed E-state index contributed by atoms with van der Waals surface area (Å²) in [7, 11) is 0. The summed E-state index contributed by atoms with van der Waals surface area (Å²) < 4.78 is 0.360. The quantitative estimate of drug-likeness (QED) is 0.272. The Hall–Kier alpha value is -2.11. The number of primary amides is 1. The Kier molecular flexibility index (Phi) is 4.48. The molecule has 10 heteroatoms.